The molecule has 0 saturated carbocycles. The maximum Gasteiger partial charge on any atom is 0.316 e. The van der Waals surface area contributed by atoms with Crippen molar-refractivity contribution in [2.24, 2.45) is 11.4 Å². The molecule has 0 amide bonds. The molecule has 0 spiro atoms. The number of nitriles is 1. The summed E-state index contributed by atoms with van der Waals surface area (Å²) in [6.45, 7) is 0. The molecule has 0 bridgehead atoms. The Kier molecular flexibility index (Phi) is 3.96. The quantitative estimate of drug-likeness (QED) is 0.742. The lowest BCUT2D eigenvalue weighted by atomic mass is 10.1. The van der Waals surface area contributed by atoms with Crippen LogP contribution in [-0.2, 0) is 24.0 Å². The number of aromatic nitrogens is 1. The minimum Gasteiger partial charge on any atom is -0.347 e. The highest BCUT2D eigenvalue weighted by Crippen LogP contribution is 2.25. The van der Waals surface area contributed by atoms with E-state index in [0.29, 0.717) is 11.3 Å². The van der Waals surface area contributed by atoms with Crippen molar-refractivity contribution >= 4 is 27.1 Å². The predicted octanol–water partition coefficient (Wildman–Crippen LogP) is 3.33. The van der Waals surface area contributed by atoms with E-state index in [0.717, 1.165) is 28.6 Å². The Hall–Kier alpha value is -2.91. The molecule has 0 aliphatic carbocycles. The van der Waals surface area contributed by atoms with Crippen molar-refractivity contribution in [2.45, 2.75) is 6.42 Å². The Morgan fingerprint density at radius 3 is 2.52 bits per heavy atom. The zero-order valence-corrected chi connectivity index (χ0v) is 13.2. The minimum absolute atomic E-state index is 0.418. The van der Waals surface area contributed by atoms with Gasteiger partial charge in [-0.15, -0.1) is 4.36 Å². The van der Waals surface area contributed by atoms with Gasteiger partial charge in [-0.05, 0) is 42.0 Å². The molecule has 0 N–H and O–H groups in total. The maximum atomic E-state index is 10.7. The molecule has 5 nitrogen and oxygen atoms in total. The van der Waals surface area contributed by atoms with E-state index in [1.807, 2.05) is 31.3 Å². The molecule has 1 aromatic heterocycles. The van der Waals surface area contributed by atoms with Gasteiger partial charge in [0, 0.05) is 30.1 Å². The normalized spacial score (nSPS) is 10.4. The average molecular weight is 323 g/mol. The third-order valence-electron chi connectivity index (χ3n) is 3.77. The van der Waals surface area contributed by atoms with Crippen LogP contribution in [0.4, 0.5) is 5.69 Å². The zero-order chi connectivity index (χ0) is 16.4. The van der Waals surface area contributed by atoms with Crippen molar-refractivity contribution in [3.8, 4) is 6.07 Å². The van der Waals surface area contributed by atoms with Gasteiger partial charge in [0.2, 0.25) is 0 Å². The van der Waals surface area contributed by atoms with E-state index < -0.39 is 10.5 Å². The van der Waals surface area contributed by atoms with Crippen LogP contribution in [0.3, 0.4) is 0 Å². The second-order valence-corrected chi connectivity index (χ2v) is 5.85. The van der Waals surface area contributed by atoms with Gasteiger partial charge in [-0.25, -0.2) is 0 Å². The number of benzene rings is 2. The first kappa shape index (κ1) is 15.0. The van der Waals surface area contributed by atoms with Crippen molar-refractivity contribution in [1.29, 1.82) is 5.26 Å². The van der Waals surface area contributed by atoms with Crippen LogP contribution in [0.5, 0.6) is 0 Å². The molecule has 114 valence electrons. The summed E-state index contributed by atoms with van der Waals surface area (Å²) in [5.41, 5.74) is 4.29. The number of hydrogen-bond donors (Lipinski definition) is 0. The second kappa shape index (κ2) is 6.07. The number of hydrogen-bond acceptors (Lipinski definition) is 4. The summed E-state index contributed by atoms with van der Waals surface area (Å²) in [4.78, 5) is 0. The van der Waals surface area contributed by atoms with E-state index in [-0.39, 0.29) is 0 Å². The molecule has 23 heavy (non-hydrogen) atoms. The number of aryl methyl sites for hydroxylation is 1. The Bertz CT molecular complexity index is 1050. The van der Waals surface area contributed by atoms with Crippen molar-refractivity contribution in [3.63, 3.8) is 0 Å². The van der Waals surface area contributed by atoms with Gasteiger partial charge in [0.15, 0.2) is 0 Å². The van der Waals surface area contributed by atoms with Crippen molar-refractivity contribution < 1.29 is 8.42 Å². The summed E-state index contributed by atoms with van der Waals surface area (Å²) in [7, 11) is -0.475. The molecule has 0 unspecified atom stereocenters. The molecule has 0 atom stereocenters. The van der Waals surface area contributed by atoms with Crippen LogP contribution in [0.2, 0.25) is 0 Å². The van der Waals surface area contributed by atoms with Gasteiger partial charge in [-0.3, -0.25) is 0 Å². The monoisotopic (exact) mass is 323 g/mol. The largest absolute Gasteiger partial charge is 0.347 e. The number of fused-ring (bicyclic) bond motifs is 1. The van der Waals surface area contributed by atoms with Crippen LogP contribution in [0.25, 0.3) is 10.9 Å². The molecule has 0 aliphatic heterocycles. The van der Waals surface area contributed by atoms with Crippen LogP contribution in [-0.4, -0.2) is 13.0 Å². The molecular formula is C17H13N3O2S. The summed E-state index contributed by atoms with van der Waals surface area (Å²) in [5.74, 6) is 0. The predicted molar refractivity (Wildman–Crippen MR) is 87.9 cm³/mol. The zero-order valence-electron chi connectivity index (χ0n) is 12.4. The van der Waals surface area contributed by atoms with E-state index in [2.05, 4.69) is 15.0 Å². The maximum absolute atomic E-state index is 10.7. The molecule has 3 aromatic rings. The number of nitrogens with zero attached hydrogens (tertiary/aromatic N) is 3. The molecule has 3 rings (SSSR count). The van der Waals surface area contributed by atoms with Crippen molar-refractivity contribution in [3.05, 3.63) is 65.4 Å². The molecule has 6 heteroatoms. The van der Waals surface area contributed by atoms with Crippen LogP contribution in [0.1, 0.15) is 16.8 Å². The van der Waals surface area contributed by atoms with E-state index in [1.165, 1.54) is 0 Å². The van der Waals surface area contributed by atoms with Crippen molar-refractivity contribution in [2.75, 3.05) is 0 Å². The first-order chi connectivity index (χ1) is 11.1. The highest BCUT2D eigenvalue weighted by Gasteiger charge is 2.07. The summed E-state index contributed by atoms with van der Waals surface area (Å²) in [5, 5.41) is 9.79. The molecule has 2 aromatic carbocycles. The third-order valence-corrected chi connectivity index (χ3v) is 4.13. The van der Waals surface area contributed by atoms with Crippen LogP contribution in [0.15, 0.2) is 52.9 Å². The molecule has 0 aliphatic rings. The number of rotatable bonds is 3. The lowest BCUT2D eigenvalue weighted by Crippen LogP contribution is -1.97. The Labute approximate surface area is 135 Å². The van der Waals surface area contributed by atoms with E-state index >= 15 is 0 Å². The summed E-state index contributed by atoms with van der Waals surface area (Å²) >= 11 is 0. The topological polar surface area (TPSA) is 75.2 Å². The van der Waals surface area contributed by atoms with E-state index in [9.17, 15) is 8.42 Å². The van der Waals surface area contributed by atoms with Gasteiger partial charge in [0.1, 0.15) is 0 Å². The van der Waals surface area contributed by atoms with Crippen LogP contribution in [0, 0.1) is 11.3 Å². The summed E-state index contributed by atoms with van der Waals surface area (Å²) < 4.78 is 27.0. The Morgan fingerprint density at radius 2 is 1.87 bits per heavy atom. The molecule has 0 radical (unpaired) electrons. The standard InChI is InChI=1S/C17H13N3O2S/c1-20-16(8-12-2-4-13(11-18)5-3-12)10-14-9-15(19-23(21)22)6-7-17(14)20/h2-7,9-10H,8H2,1H3. The minimum atomic E-state index is -2.45. The molecule has 0 fully saturated rings. The third kappa shape index (κ3) is 3.15. The highest BCUT2D eigenvalue weighted by atomic mass is 32.2. The van der Waals surface area contributed by atoms with Gasteiger partial charge in [-0.2, -0.15) is 13.7 Å². The van der Waals surface area contributed by atoms with Crippen molar-refractivity contribution in [1.82, 2.24) is 4.57 Å². The second-order valence-electron chi connectivity index (χ2n) is 5.23. The fourth-order valence-electron chi connectivity index (χ4n) is 2.61. The Morgan fingerprint density at radius 1 is 1.13 bits per heavy atom. The van der Waals surface area contributed by atoms with E-state index in [1.54, 1.807) is 24.3 Å². The first-order valence-corrected chi connectivity index (χ1v) is 7.98. The van der Waals surface area contributed by atoms with Gasteiger partial charge >= 0.3 is 10.5 Å². The van der Waals surface area contributed by atoms with Crippen LogP contribution < -0.4 is 0 Å². The summed E-state index contributed by atoms with van der Waals surface area (Å²) in [6, 6.07) is 16.9. The Balaban J connectivity index is 1.99. The fourth-order valence-corrected chi connectivity index (χ4v) is 2.90. The molecule has 1 heterocycles. The molecule has 0 saturated heterocycles. The lowest BCUT2D eigenvalue weighted by molar-refractivity contribution is 0.622. The summed E-state index contributed by atoms with van der Waals surface area (Å²) in [6.07, 6.45) is 0.733. The van der Waals surface area contributed by atoms with Gasteiger partial charge in [-0.1, -0.05) is 12.1 Å². The average Bonchev–Trinajstić information content (AvgIpc) is 2.83. The smallest absolute Gasteiger partial charge is 0.316 e. The fraction of sp³-hybridized carbons (Fsp3) is 0.118. The highest BCUT2D eigenvalue weighted by molar-refractivity contribution is 7.61. The first-order valence-electron chi connectivity index (χ1n) is 6.95. The SMILES string of the molecule is Cn1c(Cc2ccc(C#N)cc2)cc2cc(N=S(=O)=O)ccc21. The van der Waals surface area contributed by atoms with Gasteiger partial charge in [0.05, 0.1) is 17.3 Å². The van der Waals surface area contributed by atoms with Gasteiger partial charge < -0.3 is 4.57 Å². The van der Waals surface area contributed by atoms with Gasteiger partial charge in [0.25, 0.3) is 0 Å². The lowest BCUT2D eigenvalue weighted by Gasteiger charge is -2.04. The van der Waals surface area contributed by atoms with Crippen LogP contribution >= 0.6 is 0 Å². The van der Waals surface area contributed by atoms with E-state index in [4.69, 9.17) is 5.26 Å². The molecular weight excluding hydrogens is 310 g/mol.